The van der Waals surface area contributed by atoms with Gasteiger partial charge in [-0.2, -0.15) is 0 Å². The fourth-order valence-electron chi connectivity index (χ4n) is 1.57. The Bertz CT molecular complexity index is 357. The van der Waals surface area contributed by atoms with E-state index < -0.39 is 6.10 Å². The first kappa shape index (κ1) is 12.4. The van der Waals surface area contributed by atoms with Gasteiger partial charge in [-0.05, 0) is 18.6 Å². The molecule has 1 atom stereocenters. The van der Waals surface area contributed by atoms with Gasteiger partial charge in [0.2, 0.25) is 0 Å². The highest BCUT2D eigenvalue weighted by Gasteiger charge is 2.17. The number of rotatable bonds is 5. The molecule has 0 amide bonds. The van der Waals surface area contributed by atoms with Crippen LogP contribution in [-0.2, 0) is 0 Å². The number of aliphatic hydroxyl groups is 1. The van der Waals surface area contributed by atoms with Crippen molar-refractivity contribution in [2.45, 2.75) is 18.9 Å². The van der Waals surface area contributed by atoms with E-state index in [1.807, 2.05) is 6.07 Å². The van der Waals surface area contributed by atoms with Crippen LogP contribution >= 0.6 is 0 Å². The minimum absolute atomic E-state index is 0.493. The van der Waals surface area contributed by atoms with Gasteiger partial charge in [0.05, 0.1) is 25.9 Å². The smallest absolute Gasteiger partial charge is 0.128 e. The van der Waals surface area contributed by atoms with E-state index in [4.69, 9.17) is 15.9 Å². The molecular weight excluding hydrogens is 204 g/mol. The average molecular weight is 220 g/mol. The molecule has 0 bridgehead atoms. The molecule has 1 unspecified atom stereocenters. The van der Waals surface area contributed by atoms with Crippen molar-refractivity contribution in [2.24, 2.45) is 0 Å². The first-order chi connectivity index (χ1) is 7.74. The summed E-state index contributed by atoms with van der Waals surface area (Å²) < 4.78 is 10.4. The highest BCUT2D eigenvalue weighted by Crippen LogP contribution is 2.35. The van der Waals surface area contributed by atoms with E-state index in [1.54, 1.807) is 26.4 Å². The maximum absolute atomic E-state index is 10.0. The van der Waals surface area contributed by atoms with E-state index in [0.29, 0.717) is 29.9 Å². The summed E-state index contributed by atoms with van der Waals surface area (Å²) in [5, 5.41) is 10.0. The van der Waals surface area contributed by atoms with E-state index in [0.717, 1.165) is 0 Å². The van der Waals surface area contributed by atoms with E-state index in [-0.39, 0.29) is 0 Å². The Morgan fingerprint density at radius 2 is 1.88 bits per heavy atom. The van der Waals surface area contributed by atoms with Crippen molar-refractivity contribution in [3.63, 3.8) is 0 Å². The zero-order valence-corrected chi connectivity index (χ0v) is 9.56. The van der Waals surface area contributed by atoms with Crippen LogP contribution in [0.3, 0.4) is 0 Å². The molecule has 0 aliphatic heterocycles. The fourth-order valence-corrected chi connectivity index (χ4v) is 1.57. The van der Waals surface area contributed by atoms with Crippen LogP contribution in [-0.4, -0.2) is 19.3 Å². The molecule has 0 heterocycles. The normalized spacial score (nSPS) is 11.6. The van der Waals surface area contributed by atoms with Gasteiger partial charge in [0.15, 0.2) is 0 Å². The standard InChI is InChI=1S/C13H16O3/c1-4-5-7-10(14)13-11(15-2)8-6-9-12(13)16-3/h1,6,8-10,14H,5,7H2,2-3H3. The molecule has 1 N–H and O–H groups in total. The minimum atomic E-state index is -0.665. The third kappa shape index (κ3) is 2.68. The number of hydrogen-bond acceptors (Lipinski definition) is 3. The van der Waals surface area contributed by atoms with Crippen LogP contribution in [0.2, 0.25) is 0 Å². The molecule has 0 fully saturated rings. The number of hydrogen-bond donors (Lipinski definition) is 1. The number of benzene rings is 1. The molecule has 86 valence electrons. The van der Waals surface area contributed by atoms with Gasteiger partial charge in [0.25, 0.3) is 0 Å². The molecule has 0 spiro atoms. The van der Waals surface area contributed by atoms with Gasteiger partial charge in [-0.3, -0.25) is 0 Å². The first-order valence-corrected chi connectivity index (χ1v) is 5.07. The molecule has 0 aromatic heterocycles. The van der Waals surface area contributed by atoms with E-state index in [2.05, 4.69) is 5.92 Å². The Balaban J connectivity index is 3.03. The van der Waals surface area contributed by atoms with Crippen LogP contribution in [0.15, 0.2) is 18.2 Å². The van der Waals surface area contributed by atoms with Crippen LogP contribution < -0.4 is 9.47 Å². The Labute approximate surface area is 96.0 Å². The molecule has 0 saturated carbocycles. The summed E-state index contributed by atoms with van der Waals surface area (Å²) in [5.41, 5.74) is 0.655. The van der Waals surface area contributed by atoms with Gasteiger partial charge in [0.1, 0.15) is 11.5 Å². The molecule has 3 nitrogen and oxygen atoms in total. The van der Waals surface area contributed by atoms with Gasteiger partial charge in [-0.25, -0.2) is 0 Å². The highest BCUT2D eigenvalue weighted by molar-refractivity contribution is 5.46. The van der Waals surface area contributed by atoms with Crippen LogP contribution in [0.4, 0.5) is 0 Å². The molecule has 1 aromatic rings. The van der Waals surface area contributed by atoms with Crippen molar-refractivity contribution >= 4 is 0 Å². The van der Waals surface area contributed by atoms with Gasteiger partial charge >= 0.3 is 0 Å². The Hall–Kier alpha value is -1.66. The summed E-state index contributed by atoms with van der Waals surface area (Å²) >= 11 is 0. The molecule has 1 rings (SSSR count). The topological polar surface area (TPSA) is 38.7 Å². The maximum Gasteiger partial charge on any atom is 0.128 e. The molecule has 0 aliphatic rings. The second kappa shape index (κ2) is 6.04. The second-order valence-electron chi connectivity index (χ2n) is 3.33. The van der Waals surface area contributed by atoms with Crippen LogP contribution in [0, 0.1) is 12.3 Å². The number of methoxy groups -OCH3 is 2. The van der Waals surface area contributed by atoms with Crippen molar-refractivity contribution in [3.05, 3.63) is 23.8 Å². The van der Waals surface area contributed by atoms with Gasteiger partial charge in [0, 0.05) is 6.42 Å². The van der Waals surface area contributed by atoms with Crippen LogP contribution in [0.5, 0.6) is 11.5 Å². The fraction of sp³-hybridized carbons (Fsp3) is 0.385. The molecule has 0 radical (unpaired) electrons. The van der Waals surface area contributed by atoms with E-state index in [1.165, 1.54) is 0 Å². The Morgan fingerprint density at radius 3 is 2.31 bits per heavy atom. The van der Waals surface area contributed by atoms with Crippen molar-refractivity contribution in [3.8, 4) is 23.8 Å². The molecule has 1 aromatic carbocycles. The number of terminal acetylenes is 1. The van der Waals surface area contributed by atoms with Crippen LogP contribution in [0.25, 0.3) is 0 Å². The Kier molecular flexibility index (Phi) is 4.68. The average Bonchev–Trinajstić information content (AvgIpc) is 2.34. The third-order valence-electron chi connectivity index (χ3n) is 2.36. The maximum atomic E-state index is 10.0. The molecule has 16 heavy (non-hydrogen) atoms. The van der Waals surface area contributed by atoms with Gasteiger partial charge in [-0.15, -0.1) is 12.3 Å². The lowest BCUT2D eigenvalue weighted by Gasteiger charge is -2.17. The Morgan fingerprint density at radius 1 is 1.31 bits per heavy atom. The summed E-state index contributed by atoms with van der Waals surface area (Å²) in [6, 6.07) is 5.39. The molecule has 3 heteroatoms. The lowest BCUT2D eigenvalue weighted by atomic mass is 10.0. The summed E-state index contributed by atoms with van der Waals surface area (Å²) in [6.45, 7) is 0. The van der Waals surface area contributed by atoms with Crippen molar-refractivity contribution < 1.29 is 14.6 Å². The van der Waals surface area contributed by atoms with Crippen molar-refractivity contribution in [2.75, 3.05) is 14.2 Å². The molecular formula is C13H16O3. The van der Waals surface area contributed by atoms with Crippen molar-refractivity contribution in [1.82, 2.24) is 0 Å². The highest BCUT2D eigenvalue weighted by atomic mass is 16.5. The molecule has 0 saturated heterocycles. The summed E-state index contributed by atoms with van der Waals surface area (Å²) in [4.78, 5) is 0. The van der Waals surface area contributed by atoms with E-state index in [9.17, 15) is 5.11 Å². The third-order valence-corrected chi connectivity index (χ3v) is 2.36. The first-order valence-electron chi connectivity index (χ1n) is 5.07. The quantitative estimate of drug-likeness (QED) is 0.773. The predicted octanol–water partition coefficient (Wildman–Crippen LogP) is 2.15. The zero-order chi connectivity index (χ0) is 12.0. The number of aliphatic hydroxyl groups excluding tert-OH is 1. The van der Waals surface area contributed by atoms with Gasteiger partial charge in [-0.1, -0.05) is 6.07 Å². The number of ether oxygens (including phenoxy) is 2. The minimum Gasteiger partial charge on any atom is -0.496 e. The van der Waals surface area contributed by atoms with Crippen molar-refractivity contribution in [1.29, 1.82) is 0 Å². The van der Waals surface area contributed by atoms with E-state index >= 15 is 0 Å². The zero-order valence-electron chi connectivity index (χ0n) is 9.56. The second-order valence-corrected chi connectivity index (χ2v) is 3.33. The monoisotopic (exact) mass is 220 g/mol. The SMILES string of the molecule is C#CCCC(O)c1c(OC)cccc1OC. The summed E-state index contributed by atoms with van der Waals surface area (Å²) in [7, 11) is 3.12. The summed E-state index contributed by atoms with van der Waals surface area (Å²) in [5.74, 6) is 3.73. The largest absolute Gasteiger partial charge is 0.496 e. The lowest BCUT2D eigenvalue weighted by Crippen LogP contribution is -2.03. The predicted molar refractivity (Wildman–Crippen MR) is 62.6 cm³/mol. The molecule has 0 aliphatic carbocycles. The lowest BCUT2D eigenvalue weighted by molar-refractivity contribution is 0.161. The van der Waals surface area contributed by atoms with Gasteiger partial charge < -0.3 is 14.6 Å². The van der Waals surface area contributed by atoms with Crippen LogP contribution in [0.1, 0.15) is 24.5 Å². The summed E-state index contributed by atoms with van der Waals surface area (Å²) in [6.07, 6.45) is 5.52.